The number of hydrogen-bond donors (Lipinski definition) is 2. The quantitative estimate of drug-likeness (QED) is 0.671. The van der Waals surface area contributed by atoms with E-state index in [1.165, 1.54) is 29.5 Å². The average molecular weight is 299 g/mol. The number of nitrogens with zero attached hydrogens (tertiary/aromatic N) is 2. The van der Waals surface area contributed by atoms with E-state index in [0.717, 1.165) is 4.88 Å². The maximum absolute atomic E-state index is 12.1. The van der Waals surface area contributed by atoms with E-state index in [2.05, 4.69) is 10.3 Å². The summed E-state index contributed by atoms with van der Waals surface area (Å²) < 4.78 is 0. The summed E-state index contributed by atoms with van der Waals surface area (Å²) >= 11 is 1.44. The minimum atomic E-state index is -0.438. The van der Waals surface area contributed by atoms with Gasteiger partial charge < -0.3 is 10.4 Å². The highest BCUT2D eigenvalue weighted by atomic mass is 32.1. The molecule has 2 rings (SSSR count). The van der Waals surface area contributed by atoms with Gasteiger partial charge in [0.05, 0.1) is 11.6 Å². The van der Waals surface area contributed by atoms with Crippen molar-refractivity contribution in [2.75, 3.05) is 0 Å². The number of phenolic OH excluding ortho intramolecular Hbond substituents is 1. The molecule has 0 radical (unpaired) electrons. The maximum Gasteiger partial charge on any atom is 0.262 e. The topological polar surface area (TPSA) is 86.0 Å². The molecule has 1 heterocycles. The van der Waals surface area contributed by atoms with Gasteiger partial charge in [0.15, 0.2) is 0 Å². The minimum absolute atomic E-state index is 0.0112. The second-order valence-electron chi connectivity index (χ2n) is 4.36. The molecule has 5 nitrogen and oxygen atoms in total. The Hall–Kier alpha value is -2.65. The number of thiazole rings is 1. The molecule has 0 aliphatic heterocycles. The standard InChI is InChI=1S/C15H13N3O2S/c1-10(14-8-17-9-21-14)18-15(20)12(7-16)6-11-2-4-13(19)5-3-11/h2-6,8-10,19H,1H3,(H,18,20)/b12-6+. The van der Waals surface area contributed by atoms with E-state index < -0.39 is 5.91 Å². The number of nitrogens with one attached hydrogen (secondary N) is 1. The van der Waals surface area contributed by atoms with E-state index in [-0.39, 0.29) is 17.4 Å². The van der Waals surface area contributed by atoms with Crippen LogP contribution in [0.5, 0.6) is 5.75 Å². The zero-order valence-corrected chi connectivity index (χ0v) is 12.1. The SMILES string of the molecule is CC(NC(=O)/C(C#N)=C/c1ccc(O)cc1)c1cncs1. The van der Waals surface area contributed by atoms with Crippen LogP contribution in [-0.2, 0) is 4.79 Å². The molecular weight excluding hydrogens is 286 g/mol. The second kappa shape index (κ2) is 6.68. The average Bonchev–Trinajstić information content (AvgIpc) is 3.00. The zero-order valence-electron chi connectivity index (χ0n) is 11.3. The molecule has 0 aliphatic rings. The number of phenols is 1. The van der Waals surface area contributed by atoms with Crippen molar-refractivity contribution in [1.82, 2.24) is 10.3 Å². The van der Waals surface area contributed by atoms with Crippen molar-refractivity contribution in [3.05, 3.63) is 52.0 Å². The molecule has 0 fully saturated rings. The summed E-state index contributed by atoms with van der Waals surface area (Å²) in [6.07, 6.45) is 3.17. The Morgan fingerprint density at radius 2 is 2.19 bits per heavy atom. The Morgan fingerprint density at radius 3 is 2.76 bits per heavy atom. The fourth-order valence-electron chi connectivity index (χ4n) is 1.67. The van der Waals surface area contributed by atoms with Crippen molar-refractivity contribution in [3.8, 4) is 11.8 Å². The molecule has 1 atom stereocenters. The molecule has 0 saturated carbocycles. The van der Waals surface area contributed by atoms with Gasteiger partial charge in [-0.05, 0) is 30.7 Å². The molecular formula is C15H13N3O2S. The minimum Gasteiger partial charge on any atom is -0.508 e. The van der Waals surface area contributed by atoms with Gasteiger partial charge in [-0.2, -0.15) is 5.26 Å². The van der Waals surface area contributed by atoms with E-state index >= 15 is 0 Å². The molecule has 6 heteroatoms. The van der Waals surface area contributed by atoms with E-state index in [9.17, 15) is 9.90 Å². The molecule has 106 valence electrons. The number of amides is 1. The summed E-state index contributed by atoms with van der Waals surface area (Å²) in [5.74, 6) is -0.305. The molecule has 2 N–H and O–H groups in total. The maximum atomic E-state index is 12.1. The molecule has 0 aliphatic carbocycles. The summed E-state index contributed by atoms with van der Waals surface area (Å²) in [5, 5.41) is 21.1. The van der Waals surface area contributed by atoms with Crippen LogP contribution in [0.3, 0.4) is 0 Å². The highest BCUT2D eigenvalue weighted by Gasteiger charge is 2.14. The smallest absolute Gasteiger partial charge is 0.262 e. The molecule has 1 aromatic heterocycles. The molecule has 0 saturated heterocycles. The summed E-state index contributed by atoms with van der Waals surface area (Å²) in [7, 11) is 0. The first-order valence-corrected chi connectivity index (χ1v) is 7.08. The van der Waals surface area contributed by atoms with E-state index in [1.807, 2.05) is 13.0 Å². The fraction of sp³-hybridized carbons (Fsp3) is 0.133. The van der Waals surface area contributed by atoms with Crippen LogP contribution < -0.4 is 5.32 Å². The van der Waals surface area contributed by atoms with Crippen LogP contribution in [-0.4, -0.2) is 16.0 Å². The zero-order chi connectivity index (χ0) is 15.2. The number of aromatic hydroxyl groups is 1. The number of carbonyl (C=O) groups is 1. The summed E-state index contributed by atoms with van der Waals surface area (Å²) in [4.78, 5) is 17.0. The molecule has 0 spiro atoms. The highest BCUT2D eigenvalue weighted by Crippen LogP contribution is 2.17. The van der Waals surface area contributed by atoms with Gasteiger partial charge in [0, 0.05) is 11.1 Å². The van der Waals surface area contributed by atoms with Crippen LogP contribution >= 0.6 is 11.3 Å². The van der Waals surface area contributed by atoms with E-state index in [1.54, 1.807) is 23.8 Å². The fourth-order valence-corrected chi connectivity index (χ4v) is 2.30. The lowest BCUT2D eigenvalue weighted by atomic mass is 10.1. The number of hydrogen-bond acceptors (Lipinski definition) is 5. The Balaban J connectivity index is 2.12. The Labute approximate surface area is 126 Å². The van der Waals surface area contributed by atoms with Crippen molar-refractivity contribution in [2.24, 2.45) is 0 Å². The number of aromatic nitrogens is 1. The van der Waals surface area contributed by atoms with Gasteiger partial charge in [-0.15, -0.1) is 11.3 Å². The monoisotopic (exact) mass is 299 g/mol. The van der Waals surface area contributed by atoms with Gasteiger partial charge >= 0.3 is 0 Å². The van der Waals surface area contributed by atoms with Gasteiger partial charge in [0.2, 0.25) is 0 Å². The first kappa shape index (κ1) is 14.8. The van der Waals surface area contributed by atoms with Gasteiger partial charge in [-0.3, -0.25) is 9.78 Å². The van der Waals surface area contributed by atoms with Crippen LogP contribution in [0.2, 0.25) is 0 Å². The van der Waals surface area contributed by atoms with Crippen molar-refractivity contribution in [1.29, 1.82) is 5.26 Å². The van der Waals surface area contributed by atoms with Crippen LogP contribution in [0.15, 0.2) is 41.5 Å². The van der Waals surface area contributed by atoms with Crippen molar-refractivity contribution < 1.29 is 9.90 Å². The molecule has 2 aromatic rings. The Bertz CT molecular complexity index is 685. The molecule has 1 aromatic carbocycles. The number of benzene rings is 1. The first-order valence-electron chi connectivity index (χ1n) is 6.20. The van der Waals surface area contributed by atoms with Crippen molar-refractivity contribution in [3.63, 3.8) is 0 Å². The van der Waals surface area contributed by atoms with Crippen molar-refractivity contribution in [2.45, 2.75) is 13.0 Å². The number of rotatable bonds is 4. The first-order chi connectivity index (χ1) is 10.1. The second-order valence-corrected chi connectivity index (χ2v) is 5.28. The third-order valence-electron chi connectivity index (χ3n) is 2.79. The van der Waals surface area contributed by atoms with E-state index in [0.29, 0.717) is 5.56 Å². The van der Waals surface area contributed by atoms with Gasteiger partial charge in [-0.25, -0.2) is 0 Å². The van der Waals surface area contributed by atoms with Crippen LogP contribution in [0.1, 0.15) is 23.4 Å². The summed E-state index contributed by atoms with van der Waals surface area (Å²) in [6, 6.07) is 7.94. The summed E-state index contributed by atoms with van der Waals surface area (Å²) in [5.41, 5.74) is 2.37. The predicted octanol–water partition coefficient (Wildman–Crippen LogP) is 2.63. The lowest BCUT2D eigenvalue weighted by Gasteiger charge is -2.10. The largest absolute Gasteiger partial charge is 0.508 e. The summed E-state index contributed by atoms with van der Waals surface area (Å²) in [6.45, 7) is 1.83. The molecule has 1 unspecified atom stereocenters. The van der Waals surface area contributed by atoms with Crippen LogP contribution in [0.25, 0.3) is 6.08 Å². The van der Waals surface area contributed by atoms with Gasteiger partial charge in [0.1, 0.15) is 17.4 Å². The third-order valence-corrected chi connectivity index (χ3v) is 3.75. The Morgan fingerprint density at radius 1 is 1.48 bits per heavy atom. The third kappa shape index (κ3) is 3.91. The lowest BCUT2D eigenvalue weighted by Crippen LogP contribution is -2.27. The molecule has 21 heavy (non-hydrogen) atoms. The van der Waals surface area contributed by atoms with Crippen molar-refractivity contribution >= 4 is 23.3 Å². The van der Waals surface area contributed by atoms with E-state index in [4.69, 9.17) is 5.26 Å². The molecule has 1 amide bonds. The normalized spacial score (nSPS) is 12.5. The highest BCUT2D eigenvalue weighted by molar-refractivity contribution is 7.09. The molecule has 0 bridgehead atoms. The van der Waals surface area contributed by atoms with Crippen LogP contribution in [0, 0.1) is 11.3 Å². The lowest BCUT2D eigenvalue weighted by molar-refractivity contribution is -0.117. The number of nitriles is 1. The number of carbonyl (C=O) groups excluding carboxylic acids is 1. The van der Waals surface area contributed by atoms with Crippen LogP contribution in [0.4, 0.5) is 0 Å². The van der Waals surface area contributed by atoms with Gasteiger partial charge in [0.25, 0.3) is 5.91 Å². The predicted molar refractivity (Wildman–Crippen MR) is 80.4 cm³/mol. The Kier molecular flexibility index (Phi) is 4.69. The van der Waals surface area contributed by atoms with Gasteiger partial charge in [-0.1, -0.05) is 12.1 Å².